The molecule has 0 spiro atoms. The van der Waals surface area contributed by atoms with Crippen molar-refractivity contribution < 1.29 is 18.8 Å². The molecule has 0 N–H and O–H groups in total. The SMILES string of the molecule is Cc1ccc(C)c(N2N=C(C(=O)Oc3ccc(-c4noc(C)n4)cc3)CCC2=O)c1. The van der Waals surface area contributed by atoms with Gasteiger partial charge in [0.15, 0.2) is 0 Å². The number of amides is 1. The van der Waals surface area contributed by atoms with Crippen molar-refractivity contribution in [2.24, 2.45) is 5.10 Å². The molecule has 1 aliphatic rings. The van der Waals surface area contributed by atoms with Gasteiger partial charge in [-0.1, -0.05) is 17.3 Å². The molecule has 1 aliphatic heterocycles. The summed E-state index contributed by atoms with van der Waals surface area (Å²) in [4.78, 5) is 29.2. The van der Waals surface area contributed by atoms with Gasteiger partial charge >= 0.3 is 5.97 Å². The number of aromatic nitrogens is 2. The highest BCUT2D eigenvalue weighted by atomic mass is 16.5. The summed E-state index contributed by atoms with van der Waals surface area (Å²) in [5.74, 6) is 0.561. The number of anilines is 1. The van der Waals surface area contributed by atoms with Crippen LogP contribution in [0.1, 0.15) is 29.9 Å². The van der Waals surface area contributed by atoms with Crippen molar-refractivity contribution in [2.75, 3.05) is 5.01 Å². The average molecular weight is 404 g/mol. The molecule has 0 bridgehead atoms. The van der Waals surface area contributed by atoms with Crippen LogP contribution in [0.15, 0.2) is 52.1 Å². The van der Waals surface area contributed by atoms with Gasteiger partial charge in [0.1, 0.15) is 11.5 Å². The molecular weight excluding hydrogens is 384 g/mol. The van der Waals surface area contributed by atoms with Crippen molar-refractivity contribution in [2.45, 2.75) is 33.6 Å². The minimum Gasteiger partial charge on any atom is -0.422 e. The number of hydrogen-bond acceptors (Lipinski definition) is 7. The highest BCUT2D eigenvalue weighted by Crippen LogP contribution is 2.26. The number of hydrazone groups is 1. The minimum absolute atomic E-state index is 0.153. The van der Waals surface area contributed by atoms with Crippen LogP contribution in [-0.4, -0.2) is 27.7 Å². The molecular formula is C22H20N4O4. The number of aryl methyl sites for hydroxylation is 3. The molecule has 30 heavy (non-hydrogen) atoms. The number of nitrogens with zero attached hydrogens (tertiary/aromatic N) is 4. The van der Waals surface area contributed by atoms with Crippen molar-refractivity contribution in [3.8, 4) is 17.1 Å². The van der Waals surface area contributed by atoms with Crippen molar-refractivity contribution in [3.05, 3.63) is 59.5 Å². The first-order chi connectivity index (χ1) is 14.4. The van der Waals surface area contributed by atoms with Crippen LogP contribution in [0.5, 0.6) is 5.75 Å². The van der Waals surface area contributed by atoms with Gasteiger partial charge in [0, 0.05) is 25.3 Å². The molecule has 2 heterocycles. The van der Waals surface area contributed by atoms with Crippen LogP contribution in [0.2, 0.25) is 0 Å². The Balaban J connectivity index is 1.52. The molecule has 0 aliphatic carbocycles. The van der Waals surface area contributed by atoms with Gasteiger partial charge in [-0.05, 0) is 55.3 Å². The molecule has 0 atom stereocenters. The third kappa shape index (κ3) is 3.98. The number of ether oxygens (including phenoxy) is 1. The fraction of sp³-hybridized carbons (Fsp3) is 0.227. The molecule has 0 saturated carbocycles. The van der Waals surface area contributed by atoms with Gasteiger partial charge in [-0.25, -0.2) is 4.79 Å². The molecule has 2 aromatic carbocycles. The lowest BCUT2D eigenvalue weighted by molar-refractivity contribution is -0.127. The third-order valence-corrected chi connectivity index (χ3v) is 4.71. The third-order valence-electron chi connectivity index (χ3n) is 4.71. The molecule has 0 radical (unpaired) electrons. The van der Waals surface area contributed by atoms with Crippen LogP contribution in [0, 0.1) is 20.8 Å². The Hall–Kier alpha value is -3.81. The standard InChI is InChI=1S/C22H20N4O4/c1-13-4-5-14(2)19(12-13)26-20(27)11-10-18(24-26)22(28)29-17-8-6-16(7-9-17)21-23-15(3)30-25-21/h4-9,12H,10-11H2,1-3H3. The summed E-state index contributed by atoms with van der Waals surface area (Å²) >= 11 is 0. The molecule has 0 saturated heterocycles. The first-order valence-electron chi connectivity index (χ1n) is 9.51. The van der Waals surface area contributed by atoms with Gasteiger partial charge in [-0.2, -0.15) is 15.1 Å². The summed E-state index contributed by atoms with van der Waals surface area (Å²) in [5, 5.41) is 9.45. The maximum Gasteiger partial charge on any atom is 0.359 e. The van der Waals surface area contributed by atoms with Crippen molar-refractivity contribution in [1.82, 2.24) is 10.1 Å². The highest BCUT2D eigenvalue weighted by Gasteiger charge is 2.27. The van der Waals surface area contributed by atoms with Crippen molar-refractivity contribution >= 4 is 23.3 Å². The van der Waals surface area contributed by atoms with Crippen LogP contribution in [0.4, 0.5) is 5.69 Å². The Labute approximate surface area is 173 Å². The summed E-state index contributed by atoms with van der Waals surface area (Å²) in [7, 11) is 0. The molecule has 3 aromatic rings. The Morgan fingerprint density at radius 2 is 1.83 bits per heavy atom. The van der Waals surface area contributed by atoms with E-state index in [1.807, 2.05) is 32.0 Å². The number of hydrogen-bond donors (Lipinski definition) is 0. The van der Waals surface area contributed by atoms with Gasteiger partial charge in [0.05, 0.1) is 5.69 Å². The molecule has 8 heteroatoms. The van der Waals surface area contributed by atoms with E-state index < -0.39 is 5.97 Å². The van der Waals surface area contributed by atoms with E-state index in [0.29, 0.717) is 23.2 Å². The second-order valence-electron chi connectivity index (χ2n) is 7.09. The van der Waals surface area contributed by atoms with Gasteiger partial charge in [-0.15, -0.1) is 0 Å². The second kappa shape index (κ2) is 7.90. The van der Waals surface area contributed by atoms with Gasteiger partial charge < -0.3 is 9.26 Å². The Morgan fingerprint density at radius 3 is 2.53 bits per heavy atom. The van der Waals surface area contributed by atoms with Crippen LogP contribution in [0.25, 0.3) is 11.4 Å². The van der Waals surface area contributed by atoms with Crippen LogP contribution < -0.4 is 9.75 Å². The molecule has 8 nitrogen and oxygen atoms in total. The lowest BCUT2D eigenvalue weighted by Gasteiger charge is -2.24. The van der Waals surface area contributed by atoms with Crippen molar-refractivity contribution in [1.29, 1.82) is 0 Å². The fourth-order valence-electron chi connectivity index (χ4n) is 3.09. The van der Waals surface area contributed by atoms with E-state index in [9.17, 15) is 9.59 Å². The summed E-state index contributed by atoms with van der Waals surface area (Å²) in [6, 6.07) is 12.5. The summed E-state index contributed by atoms with van der Waals surface area (Å²) in [6.07, 6.45) is 0.427. The zero-order chi connectivity index (χ0) is 21.3. The summed E-state index contributed by atoms with van der Waals surface area (Å²) in [6.45, 7) is 5.55. The molecule has 4 rings (SSSR count). The van der Waals surface area contributed by atoms with Crippen molar-refractivity contribution in [3.63, 3.8) is 0 Å². The Morgan fingerprint density at radius 1 is 1.07 bits per heavy atom. The monoisotopic (exact) mass is 404 g/mol. The van der Waals surface area contributed by atoms with E-state index >= 15 is 0 Å². The number of rotatable bonds is 4. The topological polar surface area (TPSA) is 97.9 Å². The van der Waals surface area contributed by atoms with Crippen LogP contribution >= 0.6 is 0 Å². The van der Waals surface area contributed by atoms with E-state index in [4.69, 9.17) is 9.26 Å². The van der Waals surface area contributed by atoms with Crippen LogP contribution in [0.3, 0.4) is 0 Å². The molecule has 152 valence electrons. The minimum atomic E-state index is -0.582. The second-order valence-corrected chi connectivity index (χ2v) is 7.09. The summed E-state index contributed by atoms with van der Waals surface area (Å²) < 4.78 is 10.4. The van der Waals surface area contributed by atoms with E-state index in [1.54, 1.807) is 31.2 Å². The smallest absolute Gasteiger partial charge is 0.359 e. The highest BCUT2D eigenvalue weighted by molar-refractivity contribution is 6.38. The van der Waals surface area contributed by atoms with Gasteiger partial charge in [0.25, 0.3) is 0 Å². The zero-order valence-electron chi connectivity index (χ0n) is 16.9. The predicted molar refractivity (Wildman–Crippen MR) is 110 cm³/mol. The lowest BCUT2D eigenvalue weighted by Crippen LogP contribution is -2.36. The number of carbonyl (C=O) groups excluding carboxylic acids is 2. The fourth-order valence-corrected chi connectivity index (χ4v) is 3.09. The Kier molecular flexibility index (Phi) is 5.14. The summed E-state index contributed by atoms with van der Waals surface area (Å²) in [5.41, 5.74) is 3.52. The quantitative estimate of drug-likeness (QED) is 0.485. The van der Waals surface area contributed by atoms with Gasteiger partial charge in [0.2, 0.25) is 17.6 Å². The normalized spacial score (nSPS) is 13.9. The van der Waals surface area contributed by atoms with E-state index in [0.717, 1.165) is 16.7 Å². The maximum absolute atomic E-state index is 12.6. The maximum atomic E-state index is 12.6. The molecule has 0 fully saturated rings. The van der Waals surface area contributed by atoms with E-state index in [2.05, 4.69) is 15.2 Å². The zero-order valence-corrected chi connectivity index (χ0v) is 16.9. The average Bonchev–Trinajstić information content (AvgIpc) is 3.17. The largest absolute Gasteiger partial charge is 0.422 e. The van der Waals surface area contributed by atoms with E-state index in [1.165, 1.54) is 5.01 Å². The molecule has 1 amide bonds. The van der Waals surface area contributed by atoms with Gasteiger partial charge in [-0.3, -0.25) is 4.79 Å². The Bertz CT molecular complexity index is 1150. The molecule has 1 aromatic heterocycles. The molecule has 0 unspecified atom stereocenters. The van der Waals surface area contributed by atoms with Crippen LogP contribution in [-0.2, 0) is 9.59 Å². The number of esters is 1. The number of benzene rings is 2. The predicted octanol–water partition coefficient (Wildman–Crippen LogP) is 3.75. The first-order valence-corrected chi connectivity index (χ1v) is 9.51. The lowest BCUT2D eigenvalue weighted by atomic mass is 10.1. The first kappa shape index (κ1) is 19.5. The van der Waals surface area contributed by atoms with E-state index in [-0.39, 0.29) is 24.5 Å². The number of carbonyl (C=O) groups is 2.